The molecule has 1 aliphatic carbocycles. The van der Waals surface area contributed by atoms with Crippen LogP contribution in [0.1, 0.15) is 19.3 Å². The van der Waals surface area contributed by atoms with Crippen molar-refractivity contribution in [3.8, 4) is 5.75 Å². The van der Waals surface area contributed by atoms with E-state index in [9.17, 15) is 9.18 Å². The number of ether oxygens (including phenoxy) is 1. The lowest BCUT2D eigenvalue weighted by molar-refractivity contribution is -0.136. The highest BCUT2D eigenvalue weighted by Gasteiger charge is 2.45. The molecular formula is C12H14FNO2. The zero-order valence-corrected chi connectivity index (χ0v) is 8.86. The molecule has 4 heteroatoms. The lowest BCUT2D eigenvalue weighted by atomic mass is 10.1. The summed E-state index contributed by atoms with van der Waals surface area (Å²) in [5.74, 6) is -0.137. The fourth-order valence-electron chi connectivity index (χ4n) is 1.50. The molecule has 1 aromatic carbocycles. The molecule has 1 unspecified atom stereocenters. The number of hydrogen-bond acceptors (Lipinski definition) is 3. The number of para-hydroxylation sites is 1. The highest BCUT2D eigenvalue weighted by molar-refractivity contribution is 5.78. The zero-order valence-electron chi connectivity index (χ0n) is 8.86. The van der Waals surface area contributed by atoms with E-state index in [-0.39, 0.29) is 6.42 Å². The van der Waals surface area contributed by atoms with Crippen molar-refractivity contribution in [1.82, 2.24) is 0 Å². The minimum atomic E-state index is -1.23. The second-order valence-electron chi connectivity index (χ2n) is 4.20. The number of carbonyl (C=O) groups is 1. The minimum Gasteiger partial charge on any atom is -0.425 e. The molecule has 3 nitrogen and oxygen atoms in total. The van der Waals surface area contributed by atoms with Gasteiger partial charge in [-0.05, 0) is 25.0 Å². The van der Waals surface area contributed by atoms with Gasteiger partial charge >= 0.3 is 5.97 Å². The molecule has 86 valence electrons. The maximum atomic E-state index is 13.4. The summed E-state index contributed by atoms with van der Waals surface area (Å²) in [5, 5.41) is 0. The third kappa shape index (κ3) is 2.79. The fourth-order valence-corrected chi connectivity index (χ4v) is 1.50. The Kier molecular flexibility index (Phi) is 2.92. The maximum absolute atomic E-state index is 13.4. The molecule has 0 spiro atoms. The number of halogens is 1. The summed E-state index contributed by atoms with van der Waals surface area (Å²) in [7, 11) is 0. The molecule has 0 radical (unpaired) electrons. The van der Waals surface area contributed by atoms with Gasteiger partial charge in [-0.2, -0.15) is 0 Å². The lowest BCUT2D eigenvalue weighted by Crippen LogP contribution is -2.37. The Bertz CT molecular complexity index is 376. The van der Waals surface area contributed by atoms with Crippen LogP contribution in [0.25, 0.3) is 0 Å². The molecule has 1 aliphatic rings. The van der Waals surface area contributed by atoms with Crippen molar-refractivity contribution in [2.24, 2.45) is 5.73 Å². The maximum Gasteiger partial charge on any atom is 0.328 e. The van der Waals surface area contributed by atoms with Crippen LogP contribution in [-0.2, 0) is 4.79 Å². The van der Waals surface area contributed by atoms with Crippen molar-refractivity contribution in [1.29, 1.82) is 0 Å². The third-order valence-corrected chi connectivity index (χ3v) is 2.64. The molecule has 1 atom stereocenters. The first kappa shape index (κ1) is 11.1. The standard InChI is InChI=1S/C12H14FNO2/c13-12(6-7-12)8-10(14)11(15)16-9-4-2-1-3-5-9/h1-5,10H,6-8,14H2. The van der Waals surface area contributed by atoms with E-state index < -0.39 is 17.7 Å². The van der Waals surface area contributed by atoms with Crippen molar-refractivity contribution >= 4 is 5.97 Å². The van der Waals surface area contributed by atoms with Gasteiger partial charge in [-0.25, -0.2) is 9.18 Å². The first-order chi connectivity index (χ1) is 7.59. The lowest BCUT2D eigenvalue weighted by Gasteiger charge is -2.12. The van der Waals surface area contributed by atoms with E-state index in [4.69, 9.17) is 10.5 Å². The molecular weight excluding hydrogens is 209 g/mol. The smallest absolute Gasteiger partial charge is 0.328 e. The fraction of sp³-hybridized carbons (Fsp3) is 0.417. The summed E-state index contributed by atoms with van der Waals surface area (Å²) >= 11 is 0. The molecule has 0 aliphatic heterocycles. The molecule has 16 heavy (non-hydrogen) atoms. The predicted molar refractivity (Wildman–Crippen MR) is 57.7 cm³/mol. The molecule has 2 rings (SSSR count). The van der Waals surface area contributed by atoms with Gasteiger partial charge in [0.15, 0.2) is 0 Å². The quantitative estimate of drug-likeness (QED) is 0.625. The highest BCUT2D eigenvalue weighted by atomic mass is 19.1. The SMILES string of the molecule is NC(CC1(F)CC1)C(=O)Oc1ccccc1. The van der Waals surface area contributed by atoms with Crippen LogP contribution in [0.2, 0.25) is 0 Å². The van der Waals surface area contributed by atoms with Crippen molar-refractivity contribution in [2.75, 3.05) is 0 Å². The average Bonchev–Trinajstić information content (AvgIpc) is 2.97. The summed E-state index contributed by atoms with van der Waals surface area (Å²) in [6, 6.07) is 7.77. The van der Waals surface area contributed by atoms with E-state index in [0.29, 0.717) is 18.6 Å². The van der Waals surface area contributed by atoms with Gasteiger partial charge in [-0.3, -0.25) is 0 Å². The number of carbonyl (C=O) groups excluding carboxylic acids is 1. The highest BCUT2D eigenvalue weighted by Crippen LogP contribution is 2.43. The number of rotatable bonds is 4. The topological polar surface area (TPSA) is 52.3 Å². The normalized spacial score (nSPS) is 18.9. The Morgan fingerprint density at radius 2 is 2.06 bits per heavy atom. The predicted octanol–water partition coefficient (Wildman–Crippen LogP) is 1.81. The second kappa shape index (κ2) is 4.22. The Morgan fingerprint density at radius 1 is 1.44 bits per heavy atom. The van der Waals surface area contributed by atoms with E-state index in [1.165, 1.54) is 0 Å². The molecule has 2 N–H and O–H groups in total. The average molecular weight is 223 g/mol. The van der Waals surface area contributed by atoms with Crippen LogP contribution in [0.5, 0.6) is 5.75 Å². The van der Waals surface area contributed by atoms with Crippen LogP contribution in [0.15, 0.2) is 30.3 Å². The van der Waals surface area contributed by atoms with E-state index >= 15 is 0 Å². The first-order valence-corrected chi connectivity index (χ1v) is 5.30. The summed E-state index contributed by atoms with van der Waals surface area (Å²) in [6.07, 6.45) is 1.05. The third-order valence-electron chi connectivity index (χ3n) is 2.64. The van der Waals surface area contributed by atoms with Crippen molar-refractivity contribution < 1.29 is 13.9 Å². The molecule has 1 saturated carbocycles. The largest absolute Gasteiger partial charge is 0.425 e. The number of benzene rings is 1. The molecule has 0 saturated heterocycles. The zero-order chi connectivity index (χ0) is 11.6. The molecule has 0 amide bonds. The van der Waals surface area contributed by atoms with E-state index in [0.717, 1.165) is 0 Å². The van der Waals surface area contributed by atoms with Gasteiger partial charge in [0, 0.05) is 6.42 Å². The van der Waals surface area contributed by atoms with Crippen molar-refractivity contribution in [2.45, 2.75) is 31.0 Å². The van der Waals surface area contributed by atoms with E-state index in [2.05, 4.69) is 0 Å². The minimum absolute atomic E-state index is 0.0542. The van der Waals surface area contributed by atoms with Crippen molar-refractivity contribution in [3.05, 3.63) is 30.3 Å². The van der Waals surface area contributed by atoms with Crippen LogP contribution >= 0.6 is 0 Å². The number of alkyl halides is 1. The van der Waals surface area contributed by atoms with Crippen molar-refractivity contribution in [3.63, 3.8) is 0 Å². The second-order valence-corrected chi connectivity index (χ2v) is 4.20. The number of hydrogen-bond donors (Lipinski definition) is 1. The van der Waals surface area contributed by atoms with Gasteiger partial charge in [0.1, 0.15) is 17.5 Å². The van der Waals surface area contributed by atoms with Gasteiger partial charge in [0.05, 0.1) is 0 Å². The number of esters is 1. The Balaban J connectivity index is 1.88. The summed E-state index contributed by atoms with van der Waals surface area (Å²) in [5.41, 5.74) is 4.35. The summed E-state index contributed by atoms with van der Waals surface area (Å²) in [6.45, 7) is 0. The molecule has 0 heterocycles. The van der Waals surface area contributed by atoms with Crippen LogP contribution in [0.3, 0.4) is 0 Å². The van der Waals surface area contributed by atoms with Gasteiger partial charge in [-0.1, -0.05) is 18.2 Å². The Morgan fingerprint density at radius 3 is 2.62 bits per heavy atom. The van der Waals surface area contributed by atoms with Gasteiger partial charge in [-0.15, -0.1) is 0 Å². The molecule has 1 aromatic rings. The first-order valence-electron chi connectivity index (χ1n) is 5.30. The number of nitrogens with two attached hydrogens (primary N) is 1. The molecule has 0 aromatic heterocycles. The van der Waals surface area contributed by atoms with Gasteiger partial charge in [0.25, 0.3) is 0 Å². The van der Waals surface area contributed by atoms with Gasteiger partial charge < -0.3 is 10.5 Å². The monoisotopic (exact) mass is 223 g/mol. The Hall–Kier alpha value is -1.42. The molecule has 0 bridgehead atoms. The van der Waals surface area contributed by atoms with Gasteiger partial charge in [0.2, 0.25) is 0 Å². The van der Waals surface area contributed by atoms with Crippen LogP contribution < -0.4 is 10.5 Å². The van der Waals surface area contributed by atoms with E-state index in [1.54, 1.807) is 24.3 Å². The summed E-state index contributed by atoms with van der Waals surface area (Å²) < 4.78 is 18.4. The summed E-state index contributed by atoms with van der Waals surface area (Å²) in [4.78, 5) is 11.5. The van der Waals surface area contributed by atoms with Crippen LogP contribution in [-0.4, -0.2) is 17.7 Å². The molecule has 1 fully saturated rings. The van der Waals surface area contributed by atoms with Crippen LogP contribution in [0.4, 0.5) is 4.39 Å². The van der Waals surface area contributed by atoms with Crippen LogP contribution in [0, 0.1) is 0 Å². The Labute approximate surface area is 93.4 Å². The van der Waals surface area contributed by atoms with E-state index in [1.807, 2.05) is 6.07 Å².